The highest BCUT2D eigenvalue weighted by molar-refractivity contribution is 5.27. The minimum Gasteiger partial charge on any atom is -0.386 e. The Morgan fingerprint density at radius 2 is 2.12 bits per heavy atom. The molecule has 0 fully saturated rings. The highest BCUT2D eigenvalue weighted by atomic mass is 16.3. The molecule has 0 saturated carbocycles. The standard InChI is InChI=1S/C13H16N2O/c1-10-5-3-4-6-11(10)7-13(16)12-8-14-9-15(12)2/h3-6,8-9,13,16H,7H2,1-2H3. The second kappa shape index (κ2) is 4.49. The molecule has 1 heterocycles. The van der Waals surface area contributed by atoms with Crippen LogP contribution in [0.1, 0.15) is 22.9 Å². The maximum atomic E-state index is 10.1. The Balaban J connectivity index is 2.17. The van der Waals surface area contributed by atoms with Crippen molar-refractivity contribution in [1.29, 1.82) is 0 Å². The lowest BCUT2D eigenvalue weighted by Gasteiger charge is -2.12. The topological polar surface area (TPSA) is 38.1 Å². The summed E-state index contributed by atoms with van der Waals surface area (Å²) in [6, 6.07) is 8.12. The van der Waals surface area contributed by atoms with Crippen molar-refractivity contribution in [1.82, 2.24) is 9.55 Å². The summed E-state index contributed by atoms with van der Waals surface area (Å²) in [5.41, 5.74) is 3.24. The van der Waals surface area contributed by atoms with E-state index >= 15 is 0 Å². The van der Waals surface area contributed by atoms with Crippen molar-refractivity contribution in [2.45, 2.75) is 19.4 Å². The Kier molecular flexibility index (Phi) is 3.06. The van der Waals surface area contributed by atoms with Crippen molar-refractivity contribution in [3.8, 4) is 0 Å². The van der Waals surface area contributed by atoms with Gasteiger partial charge in [0.05, 0.1) is 24.3 Å². The third-order valence-corrected chi connectivity index (χ3v) is 2.87. The van der Waals surface area contributed by atoms with Gasteiger partial charge in [0.1, 0.15) is 0 Å². The Bertz CT molecular complexity index is 476. The second-order valence-electron chi connectivity index (χ2n) is 4.08. The third-order valence-electron chi connectivity index (χ3n) is 2.87. The number of aliphatic hydroxyl groups excluding tert-OH is 1. The Morgan fingerprint density at radius 3 is 2.75 bits per heavy atom. The van der Waals surface area contributed by atoms with Crippen molar-refractivity contribution < 1.29 is 5.11 Å². The number of aryl methyl sites for hydroxylation is 2. The molecule has 2 rings (SSSR count). The van der Waals surface area contributed by atoms with E-state index in [1.165, 1.54) is 11.1 Å². The molecule has 84 valence electrons. The van der Waals surface area contributed by atoms with Crippen molar-refractivity contribution >= 4 is 0 Å². The molecular formula is C13H16N2O. The average Bonchev–Trinajstić information content (AvgIpc) is 2.68. The zero-order chi connectivity index (χ0) is 11.5. The van der Waals surface area contributed by atoms with Gasteiger partial charge in [-0.3, -0.25) is 0 Å². The summed E-state index contributed by atoms with van der Waals surface area (Å²) in [6.45, 7) is 2.06. The normalized spacial score (nSPS) is 12.7. The summed E-state index contributed by atoms with van der Waals surface area (Å²) in [7, 11) is 1.89. The van der Waals surface area contributed by atoms with Crippen molar-refractivity contribution in [2.75, 3.05) is 0 Å². The lowest BCUT2D eigenvalue weighted by atomic mass is 10.0. The van der Waals surface area contributed by atoms with Gasteiger partial charge in [0, 0.05) is 13.5 Å². The van der Waals surface area contributed by atoms with Gasteiger partial charge in [0.2, 0.25) is 0 Å². The van der Waals surface area contributed by atoms with E-state index in [1.54, 1.807) is 12.5 Å². The molecule has 0 aliphatic carbocycles. The number of hydrogen-bond donors (Lipinski definition) is 1. The van der Waals surface area contributed by atoms with E-state index in [0.29, 0.717) is 6.42 Å². The van der Waals surface area contributed by atoms with Gasteiger partial charge in [-0.05, 0) is 18.1 Å². The lowest BCUT2D eigenvalue weighted by molar-refractivity contribution is 0.170. The fourth-order valence-electron chi connectivity index (χ4n) is 1.84. The van der Waals surface area contributed by atoms with Crippen LogP contribution in [0.2, 0.25) is 0 Å². The fraction of sp³-hybridized carbons (Fsp3) is 0.308. The van der Waals surface area contributed by atoms with Crippen LogP contribution < -0.4 is 0 Å². The van der Waals surface area contributed by atoms with Crippen LogP contribution in [0.4, 0.5) is 0 Å². The molecule has 3 nitrogen and oxygen atoms in total. The van der Waals surface area contributed by atoms with Gasteiger partial charge < -0.3 is 9.67 Å². The van der Waals surface area contributed by atoms with Crippen LogP contribution in [0.25, 0.3) is 0 Å². The number of nitrogens with zero attached hydrogens (tertiary/aromatic N) is 2. The van der Waals surface area contributed by atoms with Crippen LogP contribution in [-0.4, -0.2) is 14.7 Å². The Morgan fingerprint density at radius 1 is 1.38 bits per heavy atom. The van der Waals surface area contributed by atoms with Crippen LogP contribution in [0.5, 0.6) is 0 Å². The summed E-state index contributed by atoms with van der Waals surface area (Å²) in [4.78, 5) is 4.01. The van der Waals surface area contributed by atoms with E-state index in [1.807, 2.05) is 23.7 Å². The van der Waals surface area contributed by atoms with Crippen LogP contribution in [0, 0.1) is 6.92 Å². The van der Waals surface area contributed by atoms with Gasteiger partial charge in [-0.1, -0.05) is 24.3 Å². The van der Waals surface area contributed by atoms with Gasteiger partial charge in [-0.2, -0.15) is 0 Å². The molecule has 0 aliphatic heterocycles. The number of imidazole rings is 1. The molecule has 0 amide bonds. The summed E-state index contributed by atoms with van der Waals surface area (Å²) >= 11 is 0. The lowest BCUT2D eigenvalue weighted by Crippen LogP contribution is -2.07. The highest BCUT2D eigenvalue weighted by Crippen LogP contribution is 2.19. The first-order valence-electron chi connectivity index (χ1n) is 5.37. The molecule has 0 aliphatic rings. The molecule has 1 unspecified atom stereocenters. The van der Waals surface area contributed by atoms with Gasteiger partial charge >= 0.3 is 0 Å². The zero-order valence-corrected chi connectivity index (χ0v) is 9.59. The molecule has 1 aromatic carbocycles. The van der Waals surface area contributed by atoms with E-state index in [0.717, 1.165) is 5.69 Å². The summed E-state index contributed by atoms with van der Waals surface area (Å²) < 4.78 is 1.85. The average molecular weight is 216 g/mol. The van der Waals surface area contributed by atoms with E-state index in [4.69, 9.17) is 0 Å². The van der Waals surface area contributed by atoms with E-state index in [9.17, 15) is 5.11 Å². The van der Waals surface area contributed by atoms with E-state index in [-0.39, 0.29) is 0 Å². The highest BCUT2D eigenvalue weighted by Gasteiger charge is 2.12. The molecular weight excluding hydrogens is 200 g/mol. The monoisotopic (exact) mass is 216 g/mol. The summed E-state index contributed by atoms with van der Waals surface area (Å²) in [5, 5.41) is 10.1. The molecule has 0 saturated heterocycles. The minimum absolute atomic E-state index is 0.492. The molecule has 16 heavy (non-hydrogen) atoms. The van der Waals surface area contributed by atoms with Gasteiger partial charge in [-0.15, -0.1) is 0 Å². The molecule has 0 radical (unpaired) electrons. The van der Waals surface area contributed by atoms with Gasteiger partial charge in [0.15, 0.2) is 0 Å². The van der Waals surface area contributed by atoms with Crippen molar-refractivity contribution in [3.05, 3.63) is 53.6 Å². The molecule has 2 aromatic rings. The zero-order valence-electron chi connectivity index (χ0n) is 9.59. The first kappa shape index (κ1) is 10.9. The van der Waals surface area contributed by atoms with Crippen molar-refractivity contribution in [2.24, 2.45) is 7.05 Å². The fourth-order valence-corrected chi connectivity index (χ4v) is 1.84. The summed E-state index contributed by atoms with van der Waals surface area (Å²) in [5.74, 6) is 0. The van der Waals surface area contributed by atoms with Gasteiger partial charge in [-0.25, -0.2) is 4.98 Å². The van der Waals surface area contributed by atoms with E-state index < -0.39 is 6.10 Å². The maximum Gasteiger partial charge on any atom is 0.0995 e. The SMILES string of the molecule is Cc1ccccc1CC(O)c1cncn1C. The quantitative estimate of drug-likeness (QED) is 0.852. The molecule has 3 heteroatoms. The molecule has 1 atom stereocenters. The molecule has 1 N–H and O–H groups in total. The van der Waals surface area contributed by atoms with Crippen molar-refractivity contribution in [3.63, 3.8) is 0 Å². The predicted octanol–water partition coefficient (Wildman–Crippen LogP) is 2.00. The first-order valence-corrected chi connectivity index (χ1v) is 5.37. The number of aliphatic hydroxyl groups is 1. The van der Waals surface area contributed by atoms with Crippen LogP contribution in [0.15, 0.2) is 36.8 Å². The third kappa shape index (κ3) is 2.14. The predicted molar refractivity (Wildman–Crippen MR) is 63.1 cm³/mol. The van der Waals surface area contributed by atoms with Crippen LogP contribution in [-0.2, 0) is 13.5 Å². The smallest absolute Gasteiger partial charge is 0.0995 e. The number of rotatable bonds is 3. The minimum atomic E-state index is -0.492. The summed E-state index contributed by atoms with van der Waals surface area (Å²) in [6.07, 6.45) is 3.56. The van der Waals surface area contributed by atoms with E-state index in [2.05, 4.69) is 24.0 Å². The van der Waals surface area contributed by atoms with Gasteiger partial charge in [0.25, 0.3) is 0 Å². The van der Waals surface area contributed by atoms with Crippen LogP contribution >= 0.6 is 0 Å². The first-order chi connectivity index (χ1) is 7.68. The second-order valence-corrected chi connectivity index (χ2v) is 4.08. The molecule has 0 bridgehead atoms. The maximum absolute atomic E-state index is 10.1. The number of aromatic nitrogens is 2. The van der Waals surface area contributed by atoms with Crippen LogP contribution in [0.3, 0.4) is 0 Å². The Labute approximate surface area is 95.4 Å². The molecule has 0 spiro atoms. The number of benzene rings is 1. The molecule has 1 aromatic heterocycles. The number of hydrogen-bond acceptors (Lipinski definition) is 2. The largest absolute Gasteiger partial charge is 0.386 e. The Hall–Kier alpha value is -1.61.